The zero-order chi connectivity index (χ0) is 15.1. The zero-order valence-electron chi connectivity index (χ0n) is 12.1. The van der Waals surface area contributed by atoms with E-state index in [1.54, 1.807) is 31.4 Å². The molecule has 2 rings (SSSR count). The van der Waals surface area contributed by atoms with Gasteiger partial charge in [0.25, 0.3) is 0 Å². The summed E-state index contributed by atoms with van der Waals surface area (Å²) in [6.07, 6.45) is 1.41. The second-order valence-electron chi connectivity index (χ2n) is 4.85. The highest BCUT2D eigenvalue weighted by Crippen LogP contribution is 2.15. The normalized spacial score (nSPS) is 11.7. The average Bonchev–Trinajstić information content (AvgIpc) is 2.54. The summed E-state index contributed by atoms with van der Waals surface area (Å²) in [4.78, 5) is 12.0. The molecule has 3 N–H and O–H groups in total. The molecule has 0 radical (unpaired) electrons. The molecule has 0 fully saturated rings. The minimum Gasteiger partial charge on any atom is -0.497 e. The fraction of sp³-hybridized carbons (Fsp3) is 0.235. The lowest BCUT2D eigenvalue weighted by Gasteiger charge is -2.12. The Labute approximate surface area is 124 Å². The van der Waals surface area contributed by atoms with E-state index in [2.05, 4.69) is 5.32 Å². The largest absolute Gasteiger partial charge is 0.497 e. The van der Waals surface area contributed by atoms with Gasteiger partial charge in [0.1, 0.15) is 5.75 Å². The number of rotatable bonds is 6. The Morgan fingerprint density at radius 2 is 1.81 bits per heavy atom. The lowest BCUT2D eigenvalue weighted by molar-refractivity contribution is -0.117. The minimum atomic E-state index is -0.521. The highest BCUT2D eigenvalue weighted by molar-refractivity contribution is 5.94. The Hall–Kier alpha value is -2.33. The van der Waals surface area contributed by atoms with Crippen LogP contribution in [0.1, 0.15) is 12.0 Å². The molecule has 0 aromatic heterocycles. The first-order valence-corrected chi connectivity index (χ1v) is 6.93. The van der Waals surface area contributed by atoms with Crippen molar-refractivity contribution in [1.82, 2.24) is 0 Å². The molecule has 0 unspecified atom stereocenters. The van der Waals surface area contributed by atoms with E-state index < -0.39 is 6.04 Å². The van der Waals surface area contributed by atoms with Crippen LogP contribution >= 0.6 is 0 Å². The van der Waals surface area contributed by atoms with E-state index in [1.165, 1.54) is 5.56 Å². The Bertz CT molecular complexity index is 567. The second-order valence-corrected chi connectivity index (χ2v) is 4.85. The molecule has 0 saturated carbocycles. The van der Waals surface area contributed by atoms with Gasteiger partial charge in [0.2, 0.25) is 5.91 Å². The van der Waals surface area contributed by atoms with Crippen molar-refractivity contribution in [2.45, 2.75) is 18.9 Å². The second kappa shape index (κ2) is 7.45. The molecule has 21 heavy (non-hydrogen) atoms. The summed E-state index contributed by atoms with van der Waals surface area (Å²) in [5, 5.41) is 2.81. The van der Waals surface area contributed by atoms with Crippen LogP contribution in [-0.2, 0) is 11.2 Å². The Morgan fingerprint density at radius 3 is 2.43 bits per heavy atom. The number of benzene rings is 2. The standard InChI is InChI=1S/C17H20N2O2/c1-21-15-10-8-14(9-11-15)19-17(20)16(18)12-7-13-5-3-2-4-6-13/h2-6,8-11,16H,7,12,18H2,1H3,(H,19,20)/t16-/m0/s1. The number of aryl methyl sites for hydroxylation is 1. The molecule has 0 spiro atoms. The third-order valence-corrected chi connectivity index (χ3v) is 3.28. The van der Waals surface area contributed by atoms with Crippen molar-refractivity contribution in [1.29, 1.82) is 0 Å². The summed E-state index contributed by atoms with van der Waals surface area (Å²) in [5.41, 5.74) is 7.84. The average molecular weight is 284 g/mol. The summed E-state index contributed by atoms with van der Waals surface area (Å²) in [7, 11) is 1.60. The van der Waals surface area contributed by atoms with Crippen LogP contribution in [0.3, 0.4) is 0 Å². The van der Waals surface area contributed by atoms with Crippen LogP contribution in [0.4, 0.5) is 5.69 Å². The third kappa shape index (κ3) is 4.61. The molecule has 0 aliphatic carbocycles. The van der Waals surface area contributed by atoms with Gasteiger partial charge >= 0.3 is 0 Å². The first-order valence-electron chi connectivity index (χ1n) is 6.93. The molecule has 0 saturated heterocycles. The number of nitrogens with two attached hydrogens (primary N) is 1. The molecule has 4 heteroatoms. The van der Waals surface area contributed by atoms with Crippen molar-refractivity contribution in [2.24, 2.45) is 5.73 Å². The molecular weight excluding hydrogens is 264 g/mol. The fourth-order valence-corrected chi connectivity index (χ4v) is 2.01. The van der Waals surface area contributed by atoms with Crippen LogP contribution in [0, 0.1) is 0 Å². The predicted octanol–water partition coefficient (Wildman–Crippen LogP) is 2.59. The molecule has 0 aliphatic rings. The molecule has 0 heterocycles. The minimum absolute atomic E-state index is 0.170. The van der Waals surface area contributed by atoms with Gasteiger partial charge in [-0.2, -0.15) is 0 Å². The molecule has 1 amide bonds. The molecule has 2 aromatic carbocycles. The third-order valence-electron chi connectivity index (χ3n) is 3.28. The van der Waals surface area contributed by atoms with Crippen LogP contribution < -0.4 is 15.8 Å². The number of amides is 1. The van der Waals surface area contributed by atoms with Crippen molar-refractivity contribution < 1.29 is 9.53 Å². The Kier molecular flexibility index (Phi) is 5.35. The van der Waals surface area contributed by atoms with E-state index in [4.69, 9.17) is 10.5 Å². The summed E-state index contributed by atoms with van der Waals surface area (Å²) in [5.74, 6) is 0.581. The van der Waals surface area contributed by atoms with Gasteiger partial charge in [-0.1, -0.05) is 30.3 Å². The number of nitrogens with one attached hydrogen (secondary N) is 1. The van der Waals surface area contributed by atoms with Gasteiger partial charge < -0.3 is 15.8 Å². The number of anilines is 1. The number of carbonyl (C=O) groups is 1. The maximum Gasteiger partial charge on any atom is 0.241 e. The van der Waals surface area contributed by atoms with Gasteiger partial charge in [-0.05, 0) is 42.7 Å². The summed E-state index contributed by atoms with van der Waals surface area (Å²) in [6.45, 7) is 0. The molecule has 110 valence electrons. The number of hydrogen-bond donors (Lipinski definition) is 2. The van der Waals surface area contributed by atoms with Crippen molar-refractivity contribution >= 4 is 11.6 Å². The highest BCUT2D eigenvalue weighted by Gasteiger charge is 2.13. The first kappa shape index (κ1) is 15.1. The van der Waals surface area contributed by atoms with E-state index in [-0.39, 0.29) is 5.91 Å². The van der Waals surface area contributed by atoms with Gasteiger partial charge in [0, 0.05) is 5.69 Å². The van der Waals surface area contributed by atoms with Crippen LogP contribution in [0.5, 0.6) is 5.75 Å². The van der Waals surface area contributed by atoms with E-state index in [0.717, 1.165) is 17.9 Å². The maximum absolute atomic E-state index is 12.0. The maximum atomic E-state index is 12.0. The predicted molar refractivity (Wildman–Crippen MR) is 84.4 cm³/mol. The topological polar surface area (TPSA) is 64.3 Å². The molecule has 4 nitrogen and oxygen atoms in total. The van der Waals surface area contributed by atoms with Crippen LogP contribution in [-0.4, -0.2) is 19.1 Å². The number of hydrogen-bond acceptors (Lipinski definition) is 3. The van der Waals surface area contributed by atoms with Gasteiger partial charge in [-0.15, -0.1) is 0 Å². The van der Waals surface area contributed by atoms with E-state index in [1.807, 2.05) is 30.3 Å². The van der Waals surface area contributed by atoms with Crippen molar-refractivity contribution in [3.05, 3.63) is 60.2 Å². The SMILES string of the molecule is COc1ccc(NC(=O)[C@@H](N)CCc2ccccc2)cc1. The van der Waals surface area contributed by atoms with Crippen LogP contribution in [0.25, 0.3) is 0 Å². The molecule has 2 aromatic rings. The Balaban J connectivity index is 1.84. The summed E-state index contributed by atoms with van der Waals surface area (Å²) < 4.78 is 5.07. The number of methoxy groups -OCH3 is 1. The lowest BCUT2D eigenvalue weighted by Crippen LogP contribution is -2.36. The quantitative estimate of drug-likeness (QED) is 0.857. The fourth-order valence-electron chi connectivity index (χ4n) is 2.01. The van der Waals surface area contributed by atoms with Gasteiger partial charge in [0.15, 0.2) is 0 Å². The van der Waals surface area contributed by atoms with E-state index in [0.29, 0.717) is 6.42 Å². The van der Waals surface area contributed by atoms with Crippen LogP contribution in [0.2, 0.25) is 0 Å². The van der Waals surface area contributed by atoms with E-state index >= 15 is 0 Å². The molecule has 0 bridgehead atoms. The summed E-state index contributed by atoms with van der Waals surface area (Å²) >= 11 is 0. The van der Waals surface area contributed by atoms with Gasteiger partial charge in [0.05, 0.1) is 13.2 Å². The first-order chi connectivity index (χ1) is 10.2. The lowest BCUT2D eigenvalue weighted by atomic mass is 10.1. The molecular formula is C17H20N2O2. The van der Waals surface area contributed by atoms with Crippen LogP contribution in [0.15, 0.2) is 54.6 Å². The van der Waals surface area contributed by atoms with Crippen molar-refractivity contribution in [3.8, 4) is 5.75 Å². The molecule has 0 aliphatic heterocycles. The van der Waals surface area contributed by atoms with Crippen molar-refractivity contribution in [3.63, 3.8) is 0 Å². The van der Waals surface area contributed by atoms with E-state index in [9.17, 15) is 4.79 Å². The smallest absolute Gasteiger partial charge is 0.241 e. The highest BCUT2D eigenvalue weighted by atomic mass is 16.5. The van der Waals surface area contributed by atoms with Crippen molar-refractivity contribution in [2.75, 3.05) is 12.4 Å². The number of carbonyl (C=O) groups excluding carboxylic acids is 1. The van der Waals surface area contributed by atoms with Gasteiger partial charge in [-0.3, -0.25) is 4.79 Å². The monoisotopic (exact) mass is 284 g/mol. The van der Waals surface area contributed by atoms with Gasteiger partial charge in [-0.25, -0.2) is 0 Å². The Morgan fingerprint density at radius 1 is 1.14 bits per heavy atom. The number of ether oxygens (including phenoxy) is 1. The molecule has 1 atom stereocenters. The summed E-state index contributed by atoms with van der Waals surface area (Å²) in [6, 6.07) is 16.7. The zero-order valence-corrected chi connectivity index (χ0v) is 12.1.